The number of hydrogen-bond acceptors (Lipinski definition) is 11. The Bertz CT molecular complexity index is 1210. The molecule has 11 nitrogen and oxygen atoms in total. The second-order valence-corrected chi connectivity index (χ2v) is 8.31. The first-order valence-electron chi connectivity index (χ1n) is 11.6. The fraction of sp³-hybridized carbons (Fsp3) is 0.375. The third-order valence-corrected chi connectivity index (χ3v) is 6.07. The van der Waals surface area contributed by atoms with Crippen LogP contribution in [0, 0.1) is 0 Å². The van der Waals surface area contributed by atoms with E-state index in [0.29, 0.717) is 62.1 Å². The number of anilines is 3. The molecule has 3 N–H and O–H groups in total. The summed E-state index contributed by atoms with van der Waals surface area (Å²) in [6.45, 7) is 8.47. The quantitative estimate of drug-likeness (QED) is 0.390. The monoisotopic (exact) mass is 476 g/mol. The first kappa shape index (κ1) is 22.9. The van der Waals surface area contributed by atoms with Crippen LogP contribution in [0.4, 0.5) is 17.5 Å². The average molecular weight is 477 g/mol. The van der Waals surface area contributed by atoms with Crippen molar-refractivity contribution in [3.05, 3.63) is 43.1 Å². The van der Waals surface area contributed by atoms with Crippen molar-refractivity contribution in [1.82, 2.24) is 25.3 Å². The van der Waals surface area contributed by atoms with Crippen LogP contribution in [0.3, 0.4) is 0 Å². The van der Waals surface area contributed by atoms with Crippen molar-refractivity contribution in [2.75, 3.05) is 68.1 Å². The number of nitrogens with zero attached hydrogens (tertiary/aromatic N) is 6. The van der Waals surface area contributed by atoms with Crippen LogP contribution in [0.15, 0.2) is 43.1 Å². The van der Waals surface area contributed by atoms with Gasteiger partial charge >= 0.3 is 5.97 Å². The van der Waals surface area contributed by atoms with Crippen molar-refractivity contribution in [3.63, 3.8) is 0 Å². The summed E-state index contributed by atoms with van der Waals surface area (Å²) in [4.78, 5) is 34.8. The second kappa shape index (κ2) is 10.2. The zero-order valence-corrected chi connectivity index (χ0v) is 19.4. The van der Waals surface area contributed by atoms with E-state index in [1.54, 1.807) is 12.3 Å². The first-order valence-corrected chi connectivity index (χ1v) is 11.6. The van der Waals surface area contributed by atoms with Gasteiger partial charge in [0.1, 0.15) is 12.6 Å². The number of benzene rings is 1. The molecule has 2 aromatic heterocycles. The Hall–Kier alpha value is -3.83. The number of piperazine rings is 1. The zero-order chi connectivity index (χ0) is 24.2. The normalized spacial score (nSPS) is 18.5. The molecule has 3 aromatic rings. The van der Waals surface area contributed by atoms with E-state index < -0.39 is 6.04 Å². The number of nitrogens with one attached hydrogen (secondary N) is 1. The van der Waals surface area contributed by atoms with Gasteiger partial charge in [0.05, 0.1) is 25.1 Å². The maximum Gasteiger partial charge on any atom is 0.330 e. The molecule has 5 rings (SSSR count). The van der Waals surface area contributed by atoms with Crippen molar-refractivity contribution in [1.29, 1.82) is 0 Å². The zero-order valence-electron chi connectivity index (χ0n) is 19.4. The van der Waals surface area contributed by atoms with Gasteiger partial charge in [-0.15, -0.1) is 0 Å². The van der Waals surface area contributed by atoms with E-state index in [0.717, 1.165) is 17.8 Å². The predicted octanol–water partition coefficient (Wildman–Crippen LogP) is 1.01. The molecular weight excluding hydrogens is 448 g/mol. The minimum absolute atomic E-state index is 0.169. The van der Waals surface area contributed by atoms with Crippen molar-refractivity contribution < 1.29 is 14.3 Å². The van der Waals surface area contributed by atoms with Gasteiger partial charge < -0.3 is 30.3 Å². The average Bonchev–Trinajstić information content (AvgIpc) is 2.91. The third-order valence-electron chi connectivity index (χ3n) is 6.07. The van der Waals surface area contributed by atoms with Gasteiger partial charge in [-0.2, -0.15) is 9.97 Å². The van der Waals surface area contributed by atoms with Gasteiger partial charge in [-0.1, -0.05) is 24.8 Å². The number of carbonyl (C=O) groups is 1. The van der Waals surface area contributed by atoms with Crippen molar-refractivity contribution >= 4 is 34.6 Å². The molecule has 0 bridgehead atoms. The Kier molecular flexibility index (Phi) is 6.68. The van der Waals surface area contributed by atoms with Crippen LogP contribution in [0.1, 0.15) is 0 Å². The molecule has 0 aliphatic carbocycles. The molecule has 1 unspecified atom stereocenters. The summed E-state index contributed by atoms with van der Waals surface area (Å²) in [6.07, 6.45) is 3.26. The summed E-state index contributed by atoms with van der Waals surface area (Å²) in [7, 11) is 0. The lowest BCUT2D eigenvalue weighted by Crippen LogP contribution is -2.55. The molecule has 11 heteroatoms. The van der Waals surface area contributed by atoms with Crippen molar-refractivity contribution in [3.8, 4) is 11.3 Å². The molecule has 2 saturated heterocycles. The summed E-state index contributed by atoms with van der Waals surface area (Å²) in [5, 5.41) is 3.26. The number of carbonyl (C=O) groups excluding carboxylic acids is 1. The maximum absolute atomic E-state index is 12.5. The lowest BCUT2D eigenvalue weighted by Gasteiger charge is -2.36. The SMILES string of the molecule is C=CCOC(=O)C1CNCCN1c1ccc(-c2cnc3nc(N)nc(N4CCOCC4)c3n2)cc1. The summed E-state index contributed by atoms with van der Waals surface area (Å²) in [5.74, 6) is 0.572. The van der Waals surface area contributed by atoms with Crippen molar-refractivity contribution in [2.24, 2.45) is 0 Å². The Balaban J connectivity index is 1.43. The molecule has 1 atom stereocenters. The smallest absolute Gasteiger partial charge is 0.330 e. The molecule has 2 aliphatic rings. The van der Waals surface area contributed by atoms with Gasteiger partial charge in [0.25, 0.3) is 0 Å². The minimum atomic E-state index is -0.395. The number of fused-ring (bicyclic) bond motifs is 1. The predicted molar refractivity (Wildman–Crippen MR) is 133 cm³/mol. The van der Waals surface area contributed by atoms with Crippen LogP contribution >= 0.6 is 0 Å². The Morgan fingerprint density at radius 1 is 1.20 bits per heavy atom. The molecule has 35 heavy (non-hydrogen) atoms. The molecule has 1 aromatic carbocycles. The topological polar surface area (TPSA) is 132 Å². The van der Waals surface area contributed by atoms with E-state index >= 15 is 0 Å². The van der Waals surface area contributed by atoms with Crippen LogP contribution in [-0.2, 0) is 14.3 Å². The fourth-order valence-electron chi connectivity index (χ4n) is 4.33. The van der Waals surface area contributed by atoms with Gasteiger partial charge in [0.15, 0.2) is 17.0 Å². The molecule has 0 amide bonds. The number of esters is 1. The van der Waals surface area contributed by atoms with Crippen LogP contribution in [0.25, 0.3) is 22.4 Å². The number of nitrogens with two attached hydrogens (primary N) is 1. The van der Waals surface area contributed by atoms with Crippen molar-refractivity contribution in [2.45, 2.75) is 6.04 Å². The Labute approximate surface area is 203 Å². The summed E-state index contributed by atoms with van der Waals surface area (Å²) < 4.78 is 10.8. The van der Waals surface area contributed by atoms with Gasteiger partial charge in [-0.3, -0.25) is 0 Å². The highest BCUT2D eigenvalue weighted by molar-refractivity contribution is 5.86. The molecule has 0 radical (unpaired) electrons. The largest absolute Gasteiger partial charge is 0.460 e. The number of rotatable bonds is 6. The van der Waals surface area contributed by atoms with Crippen LogP contribution in [0.2, 0.25) is 0 Å². The molecule has 182 valence electrons. The number of nitrogen functional groups attached to an aromatic ring is 1. The number of morpholine rings is 1. The Morgan fingerprint density at radius 2 is 2.00 bits per heavy atom. The summed E-state index contributed by atoms with van der Waals surface area (Å²) in [6, 6.07) is 7.54. The van der Waals surface area contributed by atoms with Crippen LogP contribution in [-0.4, -0.2) is 84.5 Å². The summed E-state index contributed by atoms with van der Waals surface area (Å²) >= 11 is 0. The lowest BCUT2D eigenvalue weighted by atomic mass is 10.1. The maximum atomic E-state index is 12.5. The molecule has 4 heterocycles. The molecule has 2 fully saturated rings. The number of hydrogen-bond donors (Lipinski definition) is 2. The number of aromatic nitrogens is 4. The van der Waals surface area contributed by atoms with Crippen LogP contribution in [0.5, 0.6) is 0 Å². The molecule has 2 aliphatic heterocycles. The second-order valence-electron chi connectivity index (χ2n) is 8.31. The van der Waals surface area contributed by atoms with E-state index in [4.69, 9.17) is 20.2 Å². The van der Waals surface area contributed by atoms with Gasteiger partial charge in [-0.05, 0) is 12.1 Å². The highest BCUT2D eigenvalue weighted by Gasteiger charge is 2.30. The molecular formula is C24H28N8O3. The third kappa shape index (κ3) is 4.86. The molecule has 0 saturated carbocycles. The van der Waals surface area contributed by atoms with E-state index in [9.17, 15) is 4.79 Å². The number of ether oxygens (including phenoxy) is 2. The highest BCUT2D eigenvalue weighted by Crippen LogP contribution is 2.28. The minimum Gasteiger partial charge on any atom is -0.460 e. The van der Waals surface area contributed by atoms with Gasteiger partial charge in [-0.25, -0.2) is 14.8 Å². The van der Waals surface area contributed by atoms with Crippen LogP contribution < -0.4 is 20.9 Å². The highest BCUT2D eigenvalue weighted by atomic mass is 16.5. The summed E-state index contributed by atoms with van der Waals surface area (Å²) in [5.41, 5.74) is 9.54. The van der Waals surface area contributed by atoms with Gasteiger partial charge in [0, 0.05) is 44.0 Å². The first-order chi connectivity index (χ1) is 17.1. The molecule has 0 spiro atoms. The lowest BCUT2D eigenvalue weighted by molar-refractivity contribution is -0.144. The fourth-order valence-corrected chi connectivity index (χ4v) is 4.33. The van der Waals surface area contributed by atoms with E-state index in [1.807, 2.05) is 24.3 Å². The van der Waals surface area contributed by atoms with E-state index in [-0.39, 0.29) is 18.5 Å². The Morgan fingerprint density at radius 3 is 2.77 bits per heavy atom. The van der Waals surface area contributed by atoms with E-state index in [1.165, 1.54) is 0 Å². The van der Waals surface area contributed by atoms with Gasteiger partial charge in [0.2, 0.25) is 5.95 Å². The standard InChI is InChI=1S/C24H28N8O3/c1-2-11-35-23(33)19-15-26-7-8-32(19)17-5-3-16(4-6-17)18-14-27-21-20(28-18)22(30-24(25)29-21)31-9-12-34-13-10-31/h2-6,14,19,26H,1,7-13,15H2,(H2,25,27,29,30). The van der Waals surface area contributed by atoms with E-state index in [2.05, 4.69) is 36.6 Å².